The average molecular weight is 401 g/mol. The fourth-order valence-electron chi connectivity index (χ4n) is 2.41. The van der Waals surface area contributed by atoms with Crippen molar-refractivity contribution in [2.75, 3.05) is 33.3 Å². The number of aliphatic imine (C=N–C) groups is 1. The highest BCUT2D eigenvalue weighted by molar-refractivity contribution is 6.01. The number of benzene rings is 1. The first-order chi connectivity index (χ1) is 13.3. The number of nitrogens with one attached hydrogen (secondary N) is 3. The van der Waals surface area contributed by atoms with Crippen molar-refractivity contribution in [3.05, 3.63) is 35.4 Å². The Morgan fingerprint density at radius 1 is 1.21 bits per heavy atom. The van der Waals surface area contributed by atoms with E-state index in [0.29, 0.717) is 24.6 Å². The van der Waals surface area contributed by atoms with Crippen molar-refractivity contribution in [1.29, 1.82) is 0 Å². The Balaban J connectivity index is 1.71. The maximum Gasteiger partial charge on any atom is 0.411 e. The Labute approximate surface area is 160 Å². The van der Waals surface area contributed by atoms with Gasteiger partial charge >= 0.3 is 12.2 Å². The lowest BCUT2D eigenvalue weighted by atomic mass is 10.1. The number of ether oxygens (including phenoxy) is 1. The van der Waals surface area contributed by atoms with Crippen LogP contribution in [0.1, 0.15) is 11.1 Å². The third-order valence-corrected chi connectivity index (χ3v) is 3.81. The molecule has 1 aliphatic heterocycles. The van der Waals surface area contributed by atoms with E-state index in [0.717, 1.165) is 10.5 Å². The summed E-state index contributed by atoms with van der Waals surface area (Å²) in [7, 11) is 1.59. The first-order valence-electron chi connectivity index (χ1n) is 8.53. The van der Waals surface area contributed by atoms with Gasteiger partial charge in [-0.15, -0.1) is 0 Å². The van der Waals surface area contributed by atoms with E-state index in [2.05, 4.69) is 25.7 Å². The van der Waals surface area contributed by atoms with E-state index >= 15 is 0 Å². The van der Waals surface area contributed by atoms with Gasteiger partial charge in [0.05, 0.1) is 13.2 Å². The highest BCUT2D eigenvalue weighted by atomic mass is 19.4. The monoisotopic (exact) mass is 401 g/mol. The van der Waals surface area contributed by atoms with E-state index in [1.54, 1.807) is 31.3 Å². The molecule has 0 atom stereocenters. The minimum atomic E-state index is -4.33. The summed E-state index contributed by atoms with van der Waals surface area (Å²) in [4.78, 5) is 28.1. The molecule has 154 valence electrons. The number of alkyl halides is 3. The smallest absolute Gasteiger partial charge is 0.367 e. The maximum absolute atomic E-state index is 12.1. The Bertz CT molecular complexity index is 691. The molecule has 28 heavy (non-hydrogen) atoms. The molecular weight excluding hydrogens is 379 g/mol. The van der Waals surface area contributed by atoms with Crippen LogP contribution >= 0.6 is 0 Å². The van der Waals surface area contributed by atoms with Gasteiger partial charge in [0.25, 0.3) is 0 Å². The number of carbonyl (C=O) groups is 2. The number of guanidine groups is 1. The van der Waals surface area contributed by atoms with Crippen molar-refractivity contribution in [1.82, 2.24) is 20.9 Å². The lowest BCUT2D eigenvalue weighted by Crippen LogP contribution is -2.43. The molecule has 1 aromatic rings. The van der Waals surface area contributed by atoms with Crippen LogP contribution in [0.15, 0.2) is 29.3 Å². The number of hydrogen-bond acceptors (Lipinski definition) is 4. The molecule has 0 aromatic heterocycles. The number of carbonyl (C=O) groups excluding carboxylic acids is 2. The summed E-state index contributed by atoms with van der Waals surface area (Å²) in [5.41, 5.74) is 1.54. The fourth-order valence-corrected chi connectivity index (χ4v) is 2.41. The normalized spacial score (nSPS) is 15.0. The topological polar surface area (TPSA) is 95.1 Å². The third kappa shape index (κ3) is 7.06. The highest BCUT2D eigenvalue weighted by Gasteiger charge is 2.28. The Morgan fingerprint density at radius 2 is 1.89 bits per heavy atom. The van der Waals surface area contributed by atoms with E-state index in [1.165, 1.54) is 0 Å². The van der Waals surface area contributed by atoms with Gasteiger partial charge in [0.2, 0.25) is 5.91 Å². The van der Waals surface area contributed by atoms with Crippen LogP contribution in [0.4, 0.5) is 18.0 Å². The van der Waals surface area contributed by atoms with E-state index in [1.807, 2.05) is 0 Å². The third-order valence-electron chi connectivity index (χ3n) is 3.81. The molecule has 11 heteroatoms. The molecule has 0 unspecified atom stereocenters. The van der Waals surface area contributed by atoms with Crippen LogP contribution in [-0.4, -0.2) is 62.3 Å². The number of nitrogens with zero attached hydrogens (tertiary/aromatic N) is 2. The molecule has 1 heterocycles. The van der Waals surface area contributed by atoms with Crippen molar-refractivity contribution >= 4 is 17.9 Å². The summed E-state index contributed by atoms with van der Waals surface area (Å²) < 4.78 is 40.8. The molecule has 0 bridgehead atoms. The van der Waals surface area contributed by atoms with Crippen LogP contribution in [0.2, 0.25) is 0 Å². The number of halogens is 3. The molecular formula is C17H22F3N5O3. The molecule has 0 radical (unpaired) electrons. The summed E-state index contributed by atoms with van der Waals surface area (Å²) in [6, 6.07) is 6.54. The molecule has 0 saturated carbocycles. The summed E-state index contributed by atoms with van der Waals surface area (Å²) in [6.45, 7) is -0.371. The Hall–Kier alpha value is -2.82. The second-order valence-electron chi connectivity index (χ2n) is 5.98. The number of imide groups is 1. The zero-order valence-corrected chi connectivity index (χ0v) is 15.3. The standard InChI is InChI=1S/C17H22F3N5O3/c1-21-15(22-6-7-25-14(26)9-24-16(25)27)23-8-12-2-4-13(5-3-12)10-28-11-17(18,19)20/h2-5H,6-11H2,1H3,(H,24,27)(H2,21,22,23). The van der Waals surface area contributed by atoms with Gasteiger partial charge in [-0.1, -0.05) is 24.3 Å². The lowest BCUT2D eigenvalue weighted by Gasteiger charge is -2.15. The number of urea groups is 1. The second-order valence-corrected chi connectivity index (χ2v) is 5.98. The first kappa shape index (κ1) is 21.5. The average Bonchev–Trinajstić information content (AvgIpc) is 2.96. The van der Waals surface area contributed by atoms with Gasteiger partial charge in [-0.3, -0.25) is 14.7 Å². The van der Waals surface area contributed by atoms with E-state index in [-0.39, 0.29) is 25.6 Å². The number of rotatable bonds is 8. The van der Waals surface area contributed by atoms with Crippen LogP contribution in [0.25, 0.3) is 0 Å². The summed E-state index contributed by atoms with van der Waals surface area (Å²) in [5, 5.41) is 8.51. The van der Waals surface area contributed by atoms with Crippen molar-refractivity contribution in [2.24, 2.45) is 4.99 Å². The van der Waals surface area contributed by atoms with Crippen LogP contribution in [0.5, 0.6) is 0 Å². The summed E-state index contributed by atoms with van der Waals surface area (Å²) >= 11 is 0. The Morgan fingerprint density at radius 3 is 2.46 bits per heavy atom. The van der Waals surface area contributed by atoms with E-state index in [9.17, 15) is 22.8 Å². The minimum absolute atomic E-state index is 0.0169. The van der Waals surface area contributed by atoms with Crippen molar-refractivity contribution in [3.8, 4) is 0 Å². The molecule has 8 nitrogen and oxygen atoms in total. The predicted octanol–water partition coefficient (Wildman–Crippen LogP) is 0.982. The maximum atomic E-state index is 12.1. The van der Waals surface area contributed by atoms with Crippen LogP contribution in [-0.2, 0) is 22.7 Å². The summed E-state index contributed by atoms with van der Waals surface area (Å²) in [5.74, 6) is 0.221. The zero-order valence-electron chi connectivity index (χ0n) is 15.3. The van der Waals surface area contributed by atoms with Gasteiger partial charge < -0.3 is 20.7 Å². The van der Waals surface area contributed by atoms with Gasteiger partial charge in [-0.2, -0.15) is 13.2 Å². The van der Waals surface area contributed by atoms with Gasteiger partial charge in [-0.05, 0) is 11.1 Å². The fraction of sp³-hybridized carbons (Fsp3) is 0.471. The molecule has 0 spiro atoms. The van der Waals surface area contributed by atoms with Gasteiger partial charge in [0.1, 0.15) is 6.61 Å². The van der Waals surface area contributed by atoms with Crippen LogP contribution in [0.3, 0.4) is 0 Å². The van der Waals surface area contributed by atoms with E-state index < -0.39 is 18.8 Å². The molecule has 1 fully saturated rings. The minimum Gasteiger partial charge on any atom is -0.367 e. The SMILES string of the molecule is CN=C(NCCN1C(=O)CNC1=O)NCc1ccc(COCC(F)(F)F)cc1. The molecule has 1 aliphatic rings. The number of amides is 3. The quantitative estimate of drug-likeness (QED) is 0.343. The Kier molecular flexibility index (Phi) is 7.61. The largest absolute Gasteiger partial charge is 0.411 e. The zero-order chi connectivity index (χ0) is 20.6. The number of hydrogen-bond donors (Lipinski definition) is 3. The van der Waals surface area contributed by atoms with Crippen LogP contribution in [0, 0.1) is 0 Å². The van der Waals surface area contributed by atoms with Gasteiger partial charge in [0, 0.05) is 26.7 Å². The predicted molar refractivity (Wildman–Crippen MR) is 95.5 cm³/mol. The molecule has 2 rings (SSSR count). The van der Waals surface area contributed by atoms with Gasteiger partial charge in [0.15, 0.2) is 5.96 Å². The second kappa shape index (κ2) is 9.93. The van der Waals surface area contributed by atoms with Crippen molar-refractivity contribution < 1.29 is 27.5 Å². The van der Waals surface area contributed by atoms with Crippen LogP contribution < -0.4 is 16.0 Å². The van der Waals surface area contributed by atoms with E-state index in [4.69, 9.17) is 0 Å². The lowest BCUT2D eigenvalue weighted by molar-refractivity contribution is -0.176. The molecule has 0 aliphatic carbocycles. The molecule has 1 aromatic carbocycles. The van der Waals surface area contributed by atoms with Crippen molar-refractivity contribution in [2.45, 2.75) is 19.3 Å². The first-order valence-corrected chi connectivity index (χ1v) is 8.53. The molecule has 1 saturated heterocycles. The summed E-state index contributed by atoms with van der Waals surface area (Å²) in [6.07, 6.45) is -4.33. The highest BCUT2D eigenvalue weighted by Crippen LogP contribution is 2.15. The van der Waals surface area contributed by atoms with Gasteiger partial charge in [-0.25, -0.2) is 4.79 Å². The molecule has 3 N–H and O–H groups in total. The molecule has 3 amide bonds. The van der Waals surface area contributed by atoms with Crippen molar-refractivity contribution in [3.63, 3.8) is 0 Å².